The maximum absolute atomic E-state index is 9.74. The van der Waals surface area contributed by atoms with Crippen LogP contribution in [0.25, 0.3) is 0 Å². The average molecular weight is 685 g/mol. The maximum Gasteiger partial charge on any atom is 0.121 e. The Morgan fingerprint density at radius 2 is 0.549 bits per heavy atom. The molecule has 264 valence electrons. The van der Waals surface area contributed by atoms with Crippen LogP contribution < -0.4 is 0 Å². The van der Waals surface area contributed by atoms with Gasteiger partial charge in [0.05, 0.1) is 0 Å². The standard InChI is InChI=1S/C16H18O2.C15H16O2.C14H14O2/c1-10-6-13(4-5-15(10)17)9-14-7-11(2)16(18)12(3)8-14;1-10-7-12(3-5-14(10)16)9-13-4-6-15(17)11(2)8-13;1-10-8-12(4-7-14(10)16)9-11-2-5-13(15)6-3-11/h4-8,17-18H,9H2,1-3H3;3-8,16-17H,9H2,1-2H3;2-8,15-16H,9H2,1H3. The number of hydrogen-bond donors (Lipinski definition) is 6. The van der Waals surface area contributed by atoms with Crippen molar-refractivity contribution in [1.29, 1.82) is 0 Å². The lowest BCUT2D eigenvalue weighted by molar-refractivity contribution is 0.466. The van der Waals surface area contributed by atoms with Gasteiger partial charge in [-0.25, -0.2) is 0 Å². The third kappa shape index (κ3) is 11.1. The largest absolute Gasteiger partial charge is 0.508 e. The van der Waals surface area contributed by atoms with E-state index in [0.717, 1.165) is 80.5 Å². The van der Waals surface area contributed by atoms with Gasteiger partial charge in [-0.1, -0.05) is 72.8 Å². The first kappa shape index (κ1) is 37.9. The normalized spacial score (nSPS) is 10.5. The highest BCUT2D eigenvalue weighted by Crippen LogP contribution is 2.26. The van der Waals surface area contributed by atoms with Gasteiger partial charge in [0.25, 0.3) is 0 Å². The Morgan fingerprint density at radius 1 is 0.294 bits per heavy atom. The van der Waals surface area contributed by atoms with E-state index in [0.29, 0.717) is 28.7 Å². The van der Waals surface area contributed by atoms with Crippen molar-refractivity contribution < 1.29 is 30.6 Å². The Bertz CT molecular complexity index is 2020. The van der Waals surface area contributed by atoms with Crippen molar-refractivity contribution in [3.8, 4) is 34.5 Å². The van der Waals surface area contributed by atoms with E-state index in [1.165, 1.54) is 5.56 Å². The van der Waals surface area contributed by atoms with E-state index in [9.17, 15) is 30.6 Å². The molecule has 6 N–H and O–H groups in total. The number of hydrogen-bond acceptors (Lipinski definition) is 6. The van der Waals surface area contributed by atoms with Gasteiger partial charge < -0.3 is 30.6 Å². The Labute approximate surface area is 301 Å². The minimum atomic E-state index is 0.283. The molecule has 0 atom stereocenters. The first-order chi connectivity index (χ1) is 24.2. The maximum atomic E-state index is 9.74. The van der Waals surface area contributed by atoms with E-state index >= 15 is 0 Å². The zero-order valence-electron chi connectivity index (χ0n) is 30.2. The number of phenolic OH excluding ortho intramolecular Hbond substituents is 6. The lowest BCUT2D eigenvalue weighted by Crippen LogP contribution is -1.92. The molecule has 0 spiro atoms. The molecule has 0 heterocycles. The van der Waals surface area contributed by atoms with Crippen LogP contribution >= 0.6 is 0 Å². The summed E-state index contributed by atoms with van der Waals surface area (Å²) >= 11 is 0. The summed E-state index contributed by atoms with van der Waals surface area (Å²) in [5.74, 6) is 1.98. The second-order valence-electron chi connectivity index (χ2n) is 13.3. The van der Waals surface area contributed by atoms with Gasteiger partial charge >= 0.3 is 0 Å². The summed E-state index contributed by atoms with van der Waals surface area (Å²) in [6.07, 6.45) is 2.42. The van der Waals surface area contributed by atoms with Crippen molar-refractivity contribution in [1.82, 2.24) is 0 Å². The SMILES string of the molecule is Cc1cc(Cc2cc(C)c(O)c(C)c2)ccc1O.Cc1cc(Cc2ccc(O)c(C)c2)ccc1O.Cc1cc(Cc2ccc(O)cc2)ccc1O. The number of benzene rings is 6. The van der Waals surface area contributed by atoms with Gasteiger partial charge in [-0.2, -0.15) is 0 Å². The second kappa shape index (κ2) is 17.2. The van der Waals surface area contributed by atoms with E-state index < -0.39 is 0 Å². The van der Waals surface area contributed by atoms with Gasteiger partial charge in [-0.3, -0.25) is 0 Å². The molecule has 6 aromatic carbocycles. The van der Waals surface area contributed by atoms with Gasteiger partial charge in [0, 0.05) is 0 Å². The molecule has 0 aliphatic heterocycles. The molecule has 6 nitrogen and oxygen atoms in total. The molecule has 0 fully saturated rings. The summed E-state index contributed by atoms with van der Waals surface area (Å²) in [6.45, 7) is 11.4. The molecule has 0 aromatic heterocycles. The van der Waals surface area contributed by atoms with Gasteiger partial charge in [0.1, 0.15) is 34.5 Å². The van der Waals surface area contributed by atoms with Crippen molar-refractivity contribution in [3.05, 3.63) is 176 Å². The highest BCUT2D eigenvalue weighted by atomic mass is 16.3. The summed E-state index contributed by atoms with van der Waals surface area (Å²) in [7, 11) is 0. The van der Waals surface area contributed by atoms with Crippen LogP contribution in [0.4, 0.5) is 0 Å². The Hall–Kier alpha value is -5.88. The minimum absolute atomic E-state index is 0.283. The minimum Gasteiger partial charge on any atom is -0.508 e. The summed E-state index contributed by atoms with van der Waals surface area (Å²) in [4.78, 5) is 0. The van der Waals surface area contributed by atoms with Gasteiger partial charge in [-0.15, -0.1) is 0 Å². The highest BCUT2D eigenvalue weighted by molar-refractivity contribution is 5.45. The monoisotopic (exact) mass is 684 g/mol. The molecule has 6 aromatic rings. The van der Waals surface area contributed by atoms with E-state index in [-0.39, 0.29) is 5.75 Å². The van der Waals surface area contributed by atoms with Crippen molar-refractivity contribution >= 4 is 0 Å². The molecule has 0 saturated carbocycles. The molecule has 0 saturated heterocycles. The van der Waals surface area contributed by atoms with Crippen molar-refractivity contribution in [2.24, 2.45) is 0 Å². The molecule has 6 rings (SSSR count). The number of phenols is 6. The van der Waals surface area contributed by atoms with Gasteiger partial charge in [0.15, 0.2) is 0 Å². The smallest absolute Gasteiger partial charge is 0.121 e. The van der Waals surface area contributed by atoms with Crippen LogP contribution in [0.15, 0.2) is 109 Å². The number of aromatic hydroxyl groups is 6. The molecular weight excluding hydrogens is 636 g/mol. The van der Waals surface area contributed by atoms with Crippen LogP contribution in [-0.2, 0) is 19.3 Å². The van der Waals surface area contributed by atoms with Crippen LogP contribution in [0.1, 0.15) is 66.8 Å². The molecule has 0 amide bonds. The van der Waals surface area contributed by atoms with E-state index in [2.05, 4.69) is 0 Å². The lowest BCUT2D eigenvalue weighted by atomic mass is 9.99. The summed E-state index contributed by atoms with van der Waals surface area (Å²) in [6, 6.07) is 33.7. The second-order valence-corrected chi connectivity index (χ2v) is 13.3. The van der Waals surface area contributed by atoms with E-state index in [4.69, 9.17) is 0 Å². The lowest BCUT2D eigenvalue weighted by Gasteiger charge is -2.09. The van der Waals surface area contributed by atoms with Gasteiger partial charge in [-0.05, 0) is 164 Å². The van der Waals surface area contributed by atoms with Crippen LogP contribution in [-0.4, -0.2) is 30.6 Å². The fourth-order valence-corrected chi connectivity index (χ4v) is 5.78. The molecular formula is C45H48O6. The molecule has 6 heteroatoms. The molecule has 0 bridgehead atoms. The summed E-state index contributed by atoms with van der Waals surface area (Å²) in [5.41, 5.74) is 12.3. The van der Waals surface area contributed by atoms with E-state index in [1.807, 2.05) is 114 Å². The number of aryl methyl sites for hydroxylation is 6. The first-order valence-corrected chi connectivity index (χ1v) is 16.9. The van der Waals surface area contributed by atoms with Crippen molar-refractivity contribution in [2.75, 3.05) is 0 Å². The Kier molecular flexibility index (Phi) is 12.8. The van der Waals surface area contributed by atoms with Crippen LogP contribution in [0, 0.1) is 41.5 Å². The van der Waals surface area contributed by atoms with Crippen LogP contribution in [0.2, 0.25) is 0 Å². The molecule has 0 unspecified atom stereocenters. The van der Waals surface area contributed by atoms with Gasteiger partial charge in [0.2, 0.25) is 0 Å². The molecule has 0 aliphatic rings. The third-order valence-corrected chi connectivity index (χ3v) is 8.76. The fourth-order valence-electron chi connectivity index (χ4n) is 5.78. The van der Waals surface area contributed by atoms with Crippen LogP contribution in [0.5, 0.6) is 34.5 Å². The predicted octanol–water partition coefficient (Wildman–Crippen LogP) is 9.92. The average Bonchev–Trinajstić information content (AvgIpc) is 3.08. The summed E-state index contributed by atoms with van der Waals surface area (Å²) < 4.78 is 0. The molecule has 0 radical (unpaired) electrons. The first-order valence-electron chi connectivity index (χ1n) is 16.9. The summed E-state index contributed by atoms with van der Waals surface area (Å²) in [5, 5.41) is 56.7. The van der Waals surface area contributed by atoms with Crippen LogP contribution in [0.3, 0.4) is 0 Å². The topological polar surface area (TPSA) is 121 Å². The molecule has 0 aliphatic carbocycles. The number of rotatable bonds is 6. The fraction of sp³-hybridized carbons (Fsp3) is 0.200. The third-order valence-electron chi connectivity index (χ3n) is 8.76. The zero-order valence-corrected chi connectivity index (χ0v) is 30.2. The predicted molar refractivity (Wildman–Crippen MR) is 205 cm³/mol. The highest BCUT2D eigenvalue weighted by Gasteiger charge is 2.06. The Balaban J connectivity index is 0.000000172. The quantitative estimate of drug-likeness (QED) is 0.104. The van der Waals surface area contributed by atoms with Crippen molar-refractivity contribution in [2.45, 2.75) is 60.8 Å². The van der Waals surface area contributed by atoms with Crippen molar-refractivity contribution in [3.63, 3.8) is 0 Å². The zero-order chi connectivity index (χ0) is 37.2. The molecule has 51 heavy (non-hydrogen) atoms. The Morgan fingerprint density at radius 3 is 0.863 bits per heavy atom. The van der Waals surface area contributed by atoms with E-state index in [1.54, 1.807) is 36.4 Å².